The van der Waals surface area contributed by atoms with Gasteiger partial charge in [0.1, 0.15) is 12.1 Å². The highest BCUT2D eigenvalue weighted by atomic mass is 16.5. The Hall–Kier alpha value is -1.40. The second kappa shape index (κ2) is 7.93. The summed E-state index contributed by atoms with van der Waals surface area (Å²) in [6.07, 6.45) is 5.48. The molecule has 6 nitrogen and oxygen atoms in total. The maximum Gasteiger partial charge on any atom is 0.322 e. The maximum atomic E-state index is 11.8. The van der Waals surface area contributed by atoms with E-state index in [0.29, 0.717) is 25.0 Å². The van der Waals surface area contributed by atoms with Gasteiger partial charge in [-0.05, 0) is 46.2 Å². The molecule has 0 aliphatic heterocycles. The van der Waals surface area contributed by atoms with Crippen LogP contribution >= 0.6 is 0 Å². The summed E-state index contributed by atoms with van der Waals surface area (Å²) in [4.78, 5) is 23.7. The van der Waals surface area contributed by atoms with E-state index in [2.05, 4.69) is 22.8 Å². The monoisotopic (exact) mass is 324 g/mol. The molecule has 2 aliphatic carbocycles. The van der Waals surface area contributed by atoms with Gasteiger partial charge in [-0.25, -0.2) is 0 Å². The molecule has 130 valence electrons. The molecule has 0 amide bonds. The summed E-state index contributed by atoms with van der Waals surface area (Å²) in [5.41, 5.74) is 0. The minimum atomic E-state index is -0.308. The lowest BCUT2D eigenvalue weighted by molar-refractivity contribution is -0.151. The molecule has 0 spiro atoms. The largest absolute Gasteiger partial charge is 0.464 e. The van der Waals surface area contributed by atoms with Crippen LogP contribution in [-0.4, -0.2) is 51.3 Å². The highest BCUT2D eigenvalue weighted by molar-refractivity contribution is 5.75. The summed E-state index contributed by atoms with van der Waals surface area (Å²) >= 11 is 0. The minimum Gasteiger partial charge on any atom is -0.464 e. The second-order valence-electron chi connectivity index (χ2n) is 6.56. The molecule has 6 atom stereocenters. The molecule has 1 fully saturated rings. The summed E-state index contributed by atoms with van der Waals surface area (Å²) in [7, 11) is 3.47. The zero-order valence-corrected chi connectivity index (χ0v) is 14.4. The molecule has 0 aromatic carbocycles. The van der Waals surface area contributed by atoms with Crippen LogP contribution in [0.15, 0.2) is 12.2 Å². The molecular formula is C17H28N2O4. The van der Waals surface area contributed by atoms with Crippen molar-refractivity contribution in [3.8, 4) is 0 Å². The first-order chi connectivity index (χ1) is 11.0. The van der Waals surface area contributed by atoms with Gasteiger partial charge in [-0.3, -0.25) is 9.59 Å². The van der Waals surface area contributed by atoms with E-state index in [9.17, 15) is 9.59 Å². The van der Waals surface area contributed by atoms with Gasteiger partial charge in [0, 0.05) is 11.8 Å². The fourth-order valence-electron chi connectivity index (χ4n) is 3.36. The number of fused-ring (bicyclic) bond motifs is 2. The van der Waals surface area contributed by atoms with Crippen LogP contribution in [0.5, 0.6) is 0 Å². The van der Waals surface area contributed by atoms with Crippen molar-refractivity contribution < 1.29 is 19.1 Å². The van der Waals surface area contributed by atoms with E-state index in [1.165, 1.54) is 0 Å². The third-order valence-corrected chi connectivity index (χ3v) is 5.21. The van der Waals surface area contributed by atoms with Crippen molar-refractivity contribution in [3.63, 3.8) is 0 Å². The highest BCUT2D eigenvalue weighted by Gasteiger charge is 2.45. The Morgan fingerprint density at radius 2 is 1.35 bits per heavy atom. The van der Waals surface area contributed by atoms with Gasteiger partial charge in [-0.2, -0.15) is 0 Å². The van der Waals surface area contributed by atoms with Crippen molar-refractivity contribution in [1.82, 2.24) is 10.6 Å². The smallest absolute Gasteiger partial charge is 0.322 e. The average molecular weight is 324 g/mol. The van der Waals surface area contributed by atoms with Crippen LogP contribution in [0.3, 0.4) is 0 Å². The van der Waals surface area contributed by atoms with E-state index < -0.39 is 0 Å². The predicted molar refractivity (Wildman–Crippen MR) is 86.7 cm³/mol. The summed E-state index contributed by atoms with van der Waals surface area (Å²) in [5.74, 6) is 0.829. The Bertz CT molecular complexity index is 426. The Kier molecular flexibility index (Phi) is 6.18. The highest BCUT2D eigenvalue weighted by Crippen LogP contribution is 2.48. The molecular weight excluding hydrogens is 296 g/mol. The minimum absolute atomic E-state index is 0.232. The molecule has 2 rings (SSSR count). The number of ether oxygens (including phenoxy) is 2. The van der Waals surface area contributed by atoms with Crippen LogP contribution in [0, 0.1) is 23.7 Å². The van der Waals surface area contributed by atoms with Crippen molar-refractivity contribution in [2.75, 3.05) is 27.3 Å². The van der Waals surface area contributed by atoms with E-state index in [1.807, 2.05) is 0 Å². The molecule has 0 aromatic heterocycles. The summed E-state index contributed by atoms with van der Waals surface area (Å²) in [6, 6.07) is -0.617. The van der Waals surface area contributed by atoms with Gasteiger partial charge in [0.05, 0.1) is 13.2 Å². The fourth-order valence-corrected chi connectivity index (χ4v) is 3.36. The molecule has 2 aliphatic rings. The lowest BCUT2D eigenvalue weighted by atomic mass is 9.84. The molecule has 2 bridgehead atoms. The average Bonchev–Trinajstić information content (AvgIpc) is 3.17. The van der Waals surface area contributed by atoms with Gasteiger partial charge >= 0.3 is 11.9 Å². The summed E-state index contributed by atoms with van der Waals surface area (Å²) < 4.78 is 10.9. The van der Waals surface area contributed by atoms with Crippen LogP contribution in [0.1, 0.15) is 20.3 Å². The van der Waals surface area contributed by atoms with Crippen molar-refractivity contribution in [2.45, 2.75) is 32.4 Å². The Morgan fingerprint density at radius 3 is 1.70 bits per heavy atom. The molecule has 0 heterocycles. The van der Waals surface area contributed by atoms with E-state index in [4.69, 9.17) is 9.47 Å². The van der Waals surface area contributed by atoms with Crippen molar-refractivity contribution >= 4 is 11.9 Å². The number of rotatable bonds is 8. The van der Waals surface area contributed by atoms with Gasteiger partial charge in [0.15, 0.2) is 0 Å². The Morgan fingerprint density at radius 1 is 0.957 bits per heavy atom. The number of hydrogen-bond acceptors (Lipinski definition) is 6. The molecule has 2 unspecified atom stereocenters. The van der Waals surface area contributed by atoms with E-state index in [1.54, 1.807) is 27.9 Å². The Labute approximate surface area is 138 Å². The van der Waals surface area contributed by atoms with Crippen LogP contribution in [-0.2, 0) is 19.1 Å². The number of allylic oxidation sites excluding steroid dienone is 2. The summed E-state index contributed by atoms with van der Waals surface area (Å²) in [6.45, 7) is 4.34. The lowest BCUT2D eigenvalue weighted by Crippen LogP contribution is -2.37. The lowest BCUT2D eigenvalue weighted by Gasteiger charge is -2.28. The molecule has 6 heteroatoms. The number of nitrogens with one attached hydrogen (secondary N) is 2. The van der Waals surface area contributed by atoms with Crippen LogP contribution in [0.2, 0.25) is 0 Å². The van der Waals surface area contributed by atoms with Gasteiger partial charge in [0.2, 0.25) is 0 Å². The molecule has 0 radical (unpaired) electrons. The molecule has 23 heavy (non-hydrogen) atoms. The summed E-state index contributed by atoms with van der Waals surface area (Å²) in [5, 5.41) is 5.76. The fraction of sp³-hybridized carbons (Fsp3) is 0.765. The number of esters is 2. The first kappa shape index (κ1) is 17.9. The second-order valence-corrected chi connectivity index (χ2v) is 6.56. The molecule has 0 aromatic rings. The first-order valence-electron chi connectivity index (χ1n) is 8.34. The third-order valence-electron chi connectivity index (χ3n) is 5.21. The van der Waals surface area contributed by atoms with Gasteiger partial charge in [0.25, 0.3) is 0 Å². The number of likely N-dealkylation sites (N-methyl/N-ethyl adjacent to an activating group) is 2. The van der Waals surface area contributed by atoms with E-state index >= 15 is 0 Å². The zero-order chi connectivity index (χ0) is 17.0. The molecule has 0 saturated heterocycles. The van der Waals surface area contributed by atoms with Gasteiger partial charge in [-0.1, -0.05) is 12.2 Å². The van der Waals surface area contributed by atoms with Crippen LogP contribution in [0.4, 0.5) is 0 Å². The van der Waals surface area contributed by atoms with Gasteiger partial charge in [-0.15, -0.1) is 0 Å². The predicted octanol–water partition coefficient (Wildman–Crippen LogP) is 0.727. The van der Waals surface area contributed by atoms with Crippen molar-refractivity contribution in [2.24, 2.45) is 23.7 Å². The Balaban J connectivity index is 1.88. The molecule has 2 N–H and O–H groups in total. The van der Waals surface area contributed by atoms with E-state index in [-0.39, 0.29) is 35.9 Å². The number of hydrogen-bond donors (Lipinski definition) is 2. The van der Waals surface area contributed by atoms with Crippen molar-refractivity contribution in [1.29, 1.82) is 0 Å². The quantitative estimate of drug-likeness (QED) is 0.506. The van der Waals surface area contributed by atoms with E-state index in [0.717, 1.165) is 6.42 Å². The van der Waals surface area contributed by atoms with Crippen LogP contribution in [0.25, 0.3) is 0 Å². The SMILES string of the molecule is CN[C@@H](C)C(=O)OC[C@@H]1C2C=CC(C2)[C@@H]1COC(=O)[C@H](C)NC. The normalized spacial score (nSPS) is 31.0. The number of carbonyl (C=O) groups excluding carboxylic acids is 2. The van der Waals surface area contributed by atoms with Crippen molar-refractivity contribution in [3.05, 3.63) is 12.2 Å². The zero-order valence-electron chi connectivity index (χ0n) is 14.4. The third kappa shape index (κ3) is 4.12. The van der Waals surface area contributed by atoms with Gasteiger partial charge < -0.3 is 20.1 Å². The number of carbonyl (C=O) groups is 2. The topological polar surface area (TPSA) is 76.7 Å². The molecule has 1 saturated carbocycles. The maximum absolute atomic E-state index is 11.8. The standard InChI is InChI=1S/C17H28N2O4/c1-10(18-3)16(20)22-8-14-12-5-6-13(7-12)15(14)9-23-17(21)11(2)19-4/h5-6,10-15,18-19H,7-9H2,1-4H3/t10-,11-,12?,13?,14-,15+/m0/s1. The van der Waals surface area contributed by atoms with Crippen LogP contribution < -0.4 is 10.6 Å². The first-order valence-corrected chi connectivity index (χ1v) is 8.34.